The molecule has 1 fully saturated rings. The second-order valence-electron chi connectivity index (χ2n) is 5.94. The Morgan fingerprint density at radius 2 is 2.07 bits per heavy atom. The Labute approximate surface area is 167 Å². The summed E-state index contributed by atoms with van der Waals surface area (Å²) in [6.45, 7) is 2.70. The van der Waals surface area contributed by atoms with Crippen molar-refractivity contribution >= 4 is 57.0 Å². The second-order valence-corrected chi connectivity index (χ2v) is 7.62. The number of nitrogens with zero attached hydrogens (tertiary/aromatic N) is 1. The molecule has 5 nitrogen and oxygen atoms in total. The van der Waals surface area contributed by atoms with E-state index in [2.05, 4.69) is 0 Å². The van der Waals surface area contributed by atoms with Gasteiger partial charge in [-0.2, -0.15) is 0 Å². The summed E-state index contributed by atoms with van der Waals surface area (Å²) in [5.74, 6) is -0.634. The number of hydrogen-bond acceptors (Lipinski definition) is 6. The summed E-state index contributed by atoms with van der Waals surface area (Å²) in [6.07, 6.45) is 2.01. The van der Waals surface area contributed by atoms with Gasteiger partial charge in [0.05, 0.1) is 11.5 Å². The Kier molecular flexibility index (Phi) is 6.13. The molecule has 2 aromatic rings. The molecular weight excluding hydrogens is 382 g/mol. The number of carboxylic acid groups (broad SMARTS) is 1. The van der Waals surface area contributed by atoms with Gasteiger partial charge in [-0.25, -0.2) is 0 Å². The van der Waals surface area contributed by atoms with Gasteiger partial charge >= 0.3 is 0 Å². The Bertz CT molecular complexity index is 939. The van der Waals surface area contributed by atoms with E-state index in [1.165, 1.54) is 16.7 Å². The third-order valence-electron chi connectivity index (χ3n) is 4.14. The van der Waals surface area contributed by atoms with Gasteiger partial charge in [0, 0.05) is 18.1 Å². The molecule has 0 saturated carbocycles. The normalized spacial score (nSPS) is 15.7. The third-order valence-corrected chi connectivity index (χ3v) is 5.52. The van der Waals surface area contributed by atoms with E-state index in [0.717, 1.165) is 16.3 Å². The van der Waals surface area contributed by atoms with Crippen LogP contribution in [0.3, 0.4) is 0 Å². The van der Waals surface area contributed by atoms with Gasteiger partial charge in [0.25, 0.3) is 5.91 Å². The molecule has 0 spiro atoms. The highest BCUT2D eigenvalue weighted by Crippen LogP contribution is 2.37. The topological polar surface area (TPSA) is 69.7 Å². The number of carbonyl (C=O) groups is 2. The van der Waals surface area contributed by atoms with Crippen molar-refractivity contribution in [2.75, 3.05) is 13.2 Å². The van der Waals surface area contributed by atoms with E-state index in [4.69, 9.17) is 17.0 Å². The number of ether oxygens (including phenoxy) is 1. The molecule has 0 atom stereocenters. The lowest BCUT2D eigenvalue weighted by molar-refractivity contribution is -0.305. The van der Waals surface area contributed by atoms with Gasteiger partial charge in [-0.3, -0.25) is 9.69 Å². The molecule has 140 valence electrons. The van der Waals surface area contributed by atoms with Crippen molar-refractivity contribution in [3.05, 3.63) is 46.9 Å². The van der Waals surface area contributed by atoms with Crippen LogP contribution in [0.25, 0.3) is 16.8 Å². The third kappa shape index (κ3) is 4.31. The molecule has 27 heavy (non-hydrogen) atoms. The Hall–Kier alpha value is -2.38. The molecule has 1 aliphatic rings. The fraction of sp³-hybridized carbons (Fsp3) is 0.250. The highest BCUT2D eigenvalue weighted by atomic mass is 32.2. The van der Waals surface area contributed by atoms with Crippen molar-refractivity contribution in [1.29, 1.82) is 0 Å². The quantitative estimate of drug-likeness (QED) is 0.526. The van der Waals surface area contributed by atoms with Gasteiger partial charge < -0.3 is 14.6 Å². The van der Waals surface area contributed by atoms with E-state index in [0.29, 0.717) is 28.0 Å². The lowest BCUT2D eigenvalue weighted by atomic mass is 10.0. The molecule has 0 radical (unpaired) electrons. The number of thioether (sulfide) groups is 1. The van der Waals surface area contributed by atoms with Crippen LogP contribution in [0, 0.1) is 0 Å². The van der Waals surface area contributed by atoms with E-state index < -0.39 is 5.97 Å². The monoisotopic (exact) mass is 400 g/mol. The number of benzene rings is 2. The highest BCUT2D eigenvalue weighted by molar-refractivity contribution is 8.26. The number of hydrogen-bond donors (Lipinski definition) is 0. The van der Waals surface area contributed by atoms with Crippen molar-refractivity contribution in [2.24, 2.45) is 0 Å². The average Bonchev–Trinajstić information content (AvgIpc) is 2.91. The molecule has 0 aromatic heterocycles. The first kappa shape index (κ1) is 19.4. The minimum Gasteiger partial charge on any atom is -0.550 e. The Balaban J connectivity index is 1.94. The van der Waals surface area contributed by atoms with Crippen molar-refractivity contribution in [3.8, 4) is 5.75 Å². The summed E-state index contributed by atoms with van der Waals surface area (Å²) in [7, 11) is 0. The first-order valence-corrected chi connectivity index (χ1v) is 9.83. The zero-order chi connectivity index (χ0) is 19.4. The van der Waals surface area contributed by atoms with Crippen LogP contribution in [0.15, 0.2) is 41.3 Å². The fourth-order valence-electron chi connectivity index (χ4n) is 2.91. The predicted molar refractivity (Wildman–Crippen MR) is 109 cm³/mol. The standard InChI is InChI=1S/C20H19NO4S2/c1-2-25-16-10-9-13-6-3-4-7-14(13)15(16)12-17-19(24)21(20(26)27-17)11-5-8-18(22)23/h3-4,6-7,9-10,12H,2,5,8,11H2,1H3,(H,22,23)/p-1/b17-12-. The first-order chi connectivity index (χ1) is 13.0. The fourth-order valence-corrected chi connectivity index (χ4v) is 4.20. The average molecular weight is 401 g/mol. The van der Waals surface area contributed by atoms with Gasteiger partial charge in [0.1, 0.15) is 10.1 Å². The van der Waals surface area contributed by atoms with Crippen LogP contribution in [0.4, 0.5) is 0 Å². The minimum atomic E-state index is -1.13. The summed E-state index contributed by atoms with van der Waals surface area (Å²) in [5, 5.41) is 12.6. The zero-order valence-corrected chi connectivity index (χ0v) is 16.4. The van der Waals surface area contributed by atoms with E-state index in [9.17, 15) is 14.7 Å². The number of carboxylic acids is 1. The van der Waals surface area contributed by atoms with E-state index >= 15 is 0 Å². The lowest BCUT2D eigenvalue weighted by Gasteiger charge is -2.14. The maximum absolute atomic E-state index is 12.7. The van der Waals surface area contributed by atoms with Crippen molar-refractivity contribution < 1.29 is 19.4 Å². The van der Waals surface area contributed by atoms with Crippen LogP contribution in [-0.4, -0.2) is 34.2 Å². The Morgan fingerprint density at radius 3 is 2.81 bits per heavy atom. The number of amides is 1. The molecule has 0 N–H and O–H groups in total. The van der Waals surface area contributed by atoms with Crippen LogP contribution in [0.1, 0.15) is 25.3 Å². The molecule has 7 heteroatoms. The van der Waals surface area contributed by atoms with Crippen LogP contribution >= 0.6 is 24.0 Å². The molecular formula is C20H18NO4S2-. The highest BCUT2D eigenvalue weighted by Gasteiger charge is 2.31. The number of rotatable bonds is 7. The first-order valence-electron chi connectivity index (χ1n) is 8.61. The molecule has 0 bridgehead atoms. The van der Waals surface area contributed by atoms with E-state index in [-0.39, 0.29) is 18.9 Å². The summed E-state index contributed by atoms with van der Waals surface area (Å²) in [4.78, 5) is 25.3. The van der Waals surface area contributed by atoms with Crippen molar-refractivity contribution in [3.63, 3.8) is 0 Å². The zero-order valence-electron chi connectivity index (χ0n) is 14.8. The summed E-state index contributed by atoms with van der Waals surface area (Å²) >= 11 is 6.52. The molecule has 2 aromatic carbocycles. The number of fused-ring (bicyclic) bond motifs is 1. The predicted octanol–water partition coefficient (Wildman–Crippen LogP) is 2.97. The summed E-state index contributed by atoms with van der Waals surface area (Å²) in [5.41, 5.74) is 0.838. The number of thiocarbonyl (C=S) groups is 1. The van der Waals surface area contributed by atoms with Crippen molar-refractivity contribution in [1.82, 2.24) is 4.90 Å². The second kappa shape index (κ2) is 8.54. The van der Waals surface area contributed by atoms with Crippen LogP contribution < -0.4 is 9.84 Å². The number of carbonyl (C=O) groups excluding carboxylic acids is 2. The SMILES string of the molecule is CCOc1ccc2ccccc2c1/C=C1\SC(=S)N(CCCC(=O)[O-])C1=O. The summed E-state index contributed by atoms with van der Waals surface area (Å²) < 4.78 is 6.18. The van der Waals surface area contributed by atoms with Gasteiger partial charge in [-0.05, 0) is 42.7 Å². The van der Waals surface area contributed by atoms with E-state index in [1.54, 1.807) is 0 Å². The molecule has 1 amide bonds. The summed E-state index contributed by atoms with van der Waals surface area (Å²) in [6, 6.07) is 11.8. The molecule has 3 rings (SSSR count). The van der Waals surface area contributed by atoms with E-state index in [1.807, 2.05) is 49.4 Å². The molecule has 1 heterocycles. The molecule has 1 saturated heterocycles. The van der Waals surface area contributed by atoms with Gasteiger partial charge in [-0.15, -0.1) is 0 Å². The molecule has 1 aliphatic heterocycles. The van der Waals surface area contributed by atoms with Gasteiger partial charge in [-0.1, -0.05) is 54.3 Å². The number of aliphatic carboxylic acids is 1. The van der Waals surface area contributed by atoms with Crippen molar-refractivity contribution in [2.45, 2.75) is 19.8 Å². The largest absolute Gasteiger partial charge is 0.550 e. The Morgan fingerprint density at radius 1 is 1.30 bits per heavy atom. The molecule has 0 aliphatic carbocycles. The van der Waals surface area contributed by atoms with Gasteiger partial charge in [0.15, 0.2) is 0 Å². The van der Waals surface area contributed by atoms with Crippen LogP contribution in [0.2, 0.25) is 0 Å². The maximum atomic E-state index is 12.7. The van der Waals surface area contributed by atoms with Crippen LogP contribution in [-0.2, 0) is 9.59 Å². The maximum Gasteiger partial charge on any atom is 0.266 e. The lowest BCUT2D eigenvalue weighted by Crippen LogP contribution is -2.30. The van der Waals surface area contributed by atoms with Gasteiger partial charge in [0.2, 0.25) is 0 Å². The molecule has 0 unspecified atom stereocenters. The minimum absolute atomic E-state index is 0.103. The van der Waals surface area contributed by atoms with Crippen LogP contribution in [0.5, 0.6) is 5.75 Å². The smallest absolute Gasteiger partial charge is 0.266 e.